The van der Waals surface area contributed by atoms with Crippen LogP contribution in [0.1, 0.15) is 53.4 Å². The Morgan fingerprint density at radius 1 is 0.944 bits per heavy atom. The average Bonchev–Trinajstić information content (AvgIpc) is 2.96. The Bertz CT molecular complexity index is 128. The Balaban J connectivity index is 0. The van der Waals surface area contributed by atoms with Gasteiger partial charge in [0.1, 0.15) is 0 Å². The van der Waals surface area contributed by atoms with Crippen LogP contribution >= 0.6 is 0 Å². The lowest BCUT2D eigenvalue weighted by molar-refractivity contribution is 0.409. The van der Waals surface area contributed by atoms with E-state index in [2.05, 4.69) is 22.6 Å². The smallest absolute Gasteiger partial charge is 0.00882 e. The number of rotatable bonds is 1. The zero-order chi connectivity index (χ0) is 14.2. The maximum absolute atomic E-state index is 3.31. The molecule has 0 amide bonds. The van der Waals surface area contributed by atoms with Gasteiger partial charge in [-0.05, 0) is 66.0 Å². The first kappa shape index (κ1) is 20.2. The van der Waals surface area contributed by atoms with Crippen LogP contribution in [-0.4, -0.2) is 51.2 Å². The second-order valence-corrected chi connectivity index (χ2v) is 4.32. The minimum Gasteiger partial charge on any atom is -0.317 e. The van der Waals surface area contributed by atoms with Gasteiger partial charge in [-0.25, -0.2) is 0 Å². The number of likely N-dealkylation sites (tertiary alicyclic amines) is 1. The van der Waals surface area contributed by atoms with Gasteiger partial charge in [0.2, 0.25) is 0 Å². The molecule has 2 rings (SSSR count). The average molecular weight is 259 g/mol. The molecule has 0 atom stereocenters. The molecule has 2 aliphatic heterocycles. The molecule has 2 fully saturated rings. The third-order valence-electron chi connectivity index (χ3n) is 3.08. The first-order chi connectivity index (χ1) is 8.83. The van der Waals surface area contributed by atoms with Gasteiger partial charge < -0.3 is 15.5 Å². The molecular formula is C15H37N3. The van der Waals surface area contributed by atoms with Crippen molar-refractivity contribution in [2.45, 2.75) is 59.4 Å². The standard InChI is InChI=1S/C6H14N2.C5H11N.2C2H6/c1-7-6-2-4-8-5-3-6;1-6-4-2-3-5-6;2*1-2/h6-8H,2-5H2,1H3;2-5H2,1H3;2*1-2H3. The lowest BCUT2D eigenvalue weighted by Gasteiger charge is -2.21. The summed E-state index contributed by atoms with van der Waals surface area (Å²) in [7, 11) is 4.21. The Morgan fingerprint density at radius 3 is 1.61 bits per heavy atom. The maximum Gasteiger partial charge on any atom is 0.00882 e. The van der Waals surface area contributed by atoms with E-state index in [9.17, 15) is 0 Å². The lowest BCUT2D eigenvalue weighted by atomic mass is 10.1. The predicted octanol–water partition coefficient (Wildman–Crippen LogP) is 2.72. The fourth-order valence-electron chi connectivity index (χ4n) is 1.99. The monoisotopic (exact) mass is 259 g/mol. The summed E-state index contributed by atoms with van der Waals surface area (Å²) < 4.78 is 0. The van der Waals surface area contributed by atoms with E-state index in [1.54, 1.807) is 0 Å². The van der Waals surface area contributed by atoms with Gasteiger partial charge in [0, 0.05) is 6.04 Å². The summed E-state index contributed by atoms with van der Waals surface area (Å²) in [5, 5.41) is 6.57. The molecule has 0 aliphatic carbocycles. The molecule has 0 unspecified atom stereocenters. The first-order valence-corrected chi connectivity index (χ1v) is 7.89. The molecule has 2 saturated heterocycles. The van der Waals surface area contributed by atoms with Crippen LogP contribution in [0.2, 0.25) is 0 Å². The third kappa shape index (κ3) is 12.3. The molecule has 0 radical (unpaired) electrons. The molecule has 0 spiro atoms. The van der Waals surface area contributed by atoms with E-state index in [0.717, 1.165) is 6.04 Å². The number of nitrogens with one attached hydrogen (secondary N) is 2. The SMILES string of the molecule is CC.CC.CN1CCCC1.CNC1CCNCC1. The topological polar surface area (TPSA) is 27.3 Å². The van der Waals surface area contributed by atoms with Crippen LogP contribution in [0, 0.1) is 0 Å². The van der Waals surface area contributed by atoms with Gasteiger partial charge in [0.25, 0.3) is 0 Å². The van der Waals surface area contributed by atoms with E-state index >= 15 is 0 Å². The summed E-state index contributed by atoms with van der Waals surface area (Å²) in [5.74, 6) is 0. The van der Waals surface area contributed by atoms with Crippen molar-refractivity contribution in [1.29, 1.82) is 0 Å². The van der Waals surface area contributed by atoms with Crippen LogP contribution in [0.3, 0.4) is 0 Å². The summed E-state index contributed by atoms with van der Waals surface area (Å²) in [6.45, 7) is 13.0. The van der Waals surface area contributed by atoms with Gasteiger partial charge in [0.15, 0.2) is 0 Å². The van der Waals surface area contributed by atoms with E-state index in [-0.39, 0.29) is 0 Å². The van der Waals surface area contributed by atoms with Gasteiger partial charge in [-0.3, -0.25) is 0 Å². The molecule has 3 heteroatoms. The maximum atomic E-state index is 3.31. The van der Waals surface area contributed by atoms with Crippen LogP contribution in [0.15, 0.2) is 0 Å². The van der Waals surface area contributed by atoms with Crippen LogP contribution < -0.4 is 10.6 Å². The fraction of sp³-hybridized carbons (Fsp3) is 1.00. The lowest BCUT2D eigenvalue weighted by Crippen LogP contribution is -2.37. The second-order valence-electron chi connectivity index (χ2n) is 4.32. The molecule has 3 nitrogen and oxygen atoms in total. The van der Waals surface area contributed by atoms with Crippen molar-refractivity contribution in [1.82, 2.24) is 15.5 Å². The predicted molar refractivity (Wildman–Crippen MR) is 84.4 cm³/mol. The zero-order valence-corrected chi connectivity index (χ0v) is 13.7. The van der Waals surface area contributed by atoms with Crippen molar-refractivity contribution in [2.75, 3.05) is 40.3 Å². The number of piperidine rings is 1. The van der Waals surface area contributed by atoms with E-state index in [0.29, 0.717) is 0 Å². The Kier molecular flexibility index (Phi) is 18.9. The number of nitrogens with zero attached hydrogens (tertiary/aromatic N) is 1. The fourth-order valence-corrected chi connectivity index (χ4v) is 1.99. The molecule has 0 aromatic rings. The van der Waals surface area contributed by atoms with Crippen molar-refractivity contribution >= 4 is 0 Å². The highest BCUT2D eigenvalue weighted by Crippen LogP contribution is 2.02. The Morgan fingerprint density at radius 2 is 1.39 bits per heavy atom. The molecule has 2 heterocycles. The quantitative estimate of drug-likeness (QED) is 0.758. The molecule has 0 bridgehead atoms. The Labute approximate surface area is 116 Å². The molecule has 18 heavy (non-hydrogen) atoms. The summed E-state index contributed by atoms with van der Waals surface area (Å²) >= 11 is 0. The summed E-state index contributed by atoms with van der Waals surface area (Å²) in [4.78, 5) is 2.36. The van der Waals surface area contributed by atoms with Crippen molar-refractivity contribution < 1.29 is 0 Å². The van der Waals surface area contributed by atoms with E-state index in [4.69, 9.17) is 0 Å². The van der Waals surface area contributed by atoms with E-state index in [1.807, 2.05) is 34.7 Å². The van der Waals surface area contributed by atoms with Crippen molar-refractivity contribution in [2.24, 2.45) is 0 Å². The van der Waals surface area contributed by atoms with Crippen molar-refractivity contribution in [3.8, 4) is 0 Å². The normalized spacial score (nSPS) is 19.7. The van der Waals surface area contributed by atoms with Crippen molar-refractivity contribution in [3.05, 3.63) is 0 Å². The molecule has 2 aliphatic rings. The zero-order valence-electron chi connectivity index (χ0n) is 13.7. The minimum atomic E-state index is 0.774. The summed E-state index contributed by atoms with van der Waals surface area (Å²) in [6, 6.07) is 0.774. The molecule has 0 aromatic carbocycles. The minimum absolute atomic E-state index is 0.774. The summed E-state index contributed by atoms with van der Waals surface area (Å²) in [6.07, 6.45) is 5.40. The van der Waals surface area contributed by atoms with E-state index < -0.39 is 0 Å². The molecule has 0 saturated carbocycles. The van der Waals surface area contributed by atoms with Gasteiger partial charge in [-0.2, -0.15) is 0 Å². The Hall–Kier alpha value is -0.120. The van der Waals surface area contributed by atoms with E-state index in [1.165, 1.54) is 51.9 Å². The first-order valence-electron chi connectivity index (χ1n) is 7.89. The van der Waals surface area contributed by atoms with Crippen LogP contribution in [0.5, 0.6) is 0 Å². The highest BCUT2D eigenvalue weighted by atomic mass is 15.1. The second kappa shape index (κ2) is 16.9. The molecule has 112 valence electrons. The largest absolute Gasteiger partial charge is 0.317 e. The van der Waals surface area contributed by atoms with Gasteiger partial charge in [0.05, 0.1) is 0 Å². The highest BCUT2D eigenvalue weighted by Gasteiger charge is 2.08. The number of hydrogen-bond donors (Lipinski definition) is 2. The highest BCUT2D eigenvalue weighted by molar-refractivity contribution is 4.71. The number of hydrogen-bond acceptors (Lipinski definition) is 3. The van der Waals surface area contributed by atoms with Crippen LogP contribution in [-0.2, 0) is 0 Å². The van der Waals surface area contributed by atoms with Gasteiger partial charge >= 0.3 is 0 Å². The van der Waals surface area contributed by atoms with Gasteiger partial charge in [-0.15, -0.1) is 0 Å². The van der Waals surface area contributed by atoms with Crippen molar-refractivity contribution in [3.63, 3.8) is 0 Å². The molecule has 0 aromatic heterocycles. The van der Waals surface area contributed by atoms with Gasteiger partial charge in [-0.1, -0.05) is 27.7 Å². The molecular weight excluding hydrogens is 222 g/mol. The van der Waals surface area contributed by atoms with Crippen LogP contribution in [0.4, 0.5) is 0 Å². The third-order valence-corrected chi connectivity index (χ3v) is 3.08. The van der Waals surface area contributed by atoms with Crippen LogP contribution in [0.25, 0.3) is 0 Å². The summed E-state index contributed by atoms with van der Waals surface area (Å²) in [5.41, 5.74) is 0. The molecule has 2 N–H and O–H groups in total.